The molecule has 31 heavy (non-hydrogen) atoms. The molecule has 2 aromatic carbocycles. The van der Waals surface area contributed by atoms with Gasteiger partial charge in [0.1, 0.15) is 11.8 Å². The van der Waals surface area contributed by atoms with Crippen LogP contribution in [0.2, 0.25) is 0 Å². The third-order valence-corrected chi connectivity index (χ3v) is 5.68. The van der Waals surface area contributed by atoms with Gasteiger partial charge in [-0.1, -0.05) is 42.5 Å². The van der Waals surface area contributed by atoms with E-state index in [4.69, 9.17) is 9.47 Å². The number of carbonyl (C=O) groups excluding carboxylic acids is 2. The highest BCUT2D eigenvalue weighted by Gasteiger charge is 2.27. The van der Waals surface area contributed by atoms with Gasteiger partial charge in [-0.05, 0) is 49.4 Å². The Balaban J connectivity index is 1.66. The first-order valence-electron chi connectivity index (χ1n) is 10.9. The smallest absolute Gasteiger partial charge is 0.242 e. The van der Waals surface area contributed by atoms with Crippen molar-refractivity contribution in [3.05, 3.63) is 65.7 Å². The largest absolute Gasteiger partial charge is 0.497 e. The number of amides is 2. The Kier molecular flexibility index (Phi) is 8.47. The molecule has 3 rings (SSSR count). The predicted molar refractivity (Wildman–Crippen MR) is 120 cm³/mol. The van der Waals surface area contributed by atoms with Crippen LogP contribution in [0, 0.1) is 0 Å². The van der Waals surface area contributed by atoms with Gasteiger partial charge in [-0.3, -0.25) is 9.59 Å². The molecule has 1 fully saturated rings. The molecule has 0 aliphatic carbocycles. The second-order valence-corrected chi connectivity index (χ2v) is 7.91. The molecule has 2 atom stereocenters. The van der Waals surface area contributed by atoms with E-state index in [1.165, 1.54) is 0 Å². The van der Waals surface area contributed by atoms with Crippen LogP contribution in [0.3, 0.4) is 0 Å². The maximum Gasteiger partial charge on any atom is 0.242 e. The molecule has 1 heterocycles. The van der Waals surface area contributed by atoms with E-state index >= 15 is 0 Å². The first-order chi connectivity index (χ1) is 15.1. The Morgan fingerprint density at radius 3 is 2.52 bits per heavy atom. The van der Waals surface area contributed by atoms with Crippen LogP contribution < -0.4 is 10.1 Å². The lowest BCUT2D eigenvalue weighted by Crippen LogP contribution is -2.49. The zero-order valence-electron chi connectivity index (χ0n) is 18.4. The molecule has 0 bridgehead atoms. The first kappa shape index (κ1) is 22.8. The highest BCUT2D eigenvalue weighted by atomic mass is 16.5. The summed E-state index contributed by atoms with van der Waals surface area (Å²) in [6.45, 7) is 3.39. The van der Waals surface area contributed by atoms with Crippen LogP contribution in [0.25, 0.3) is 0 Å². The van der Waals surface area contributed by atoms with Crippen molar-refractivity contribution in [3.63, 3.8) is 0 Å². The molecular formula is C25H32N2O4. The summed E-state index contributed by atoms with van der Waals surface area (Å²) >= 11 is 0. The van der Waals surface area contributed by atoms with Crippen LogP contribution in [0.1, 0.15) is 37.3 Å². The predicted octanol–water partition coefficient (Wildman–Crippen LogP) is 3.34. The molecule has 0 radical (unpaired) electrons. The second kappa shape index (κ2) is 11.5. The van der Waals surface area contributed by atoms with Gasteiger partial charge in [-0.15, -0.1) is 0 Å². The number of carbonyl (C=O) groups is 2. The Bertz CT molecular complexity index is 832. The summed E-state index contributed by atoms with van der Waals surface area (Å²) in [6, 6.07) is 16.9. The Hall–Kier alpha value is -2.86. The number of rotatable bonds is 10. The fourth-order valence-electron chi connectivity index (χ4n) is 3.72. The molecule has 0 aromatic heterocycles. The zero-order valence-corrected chi connectivity index (χ0v) is 18.4. The summed E-state index contributed by atoms with van der Waals surface area (Å²) in [5, 5.41) is 2.96. The molecule has 1 aliphatic rings. The Labute approximate surface area is 184 Å². The standard InChI is InChI=1S/C25H32N2O4/c1-19(25(29)26-17-23-9-6-16-31-23)27(18-21-10-13-22(30-2)14-11-21)24(28)15-12-20-7-4-3-5-8-20/h3-5,7-8,10-11,13-14,19,23H,6,9,12,15-18H2,1-2H3,(H,26,29). The summed E-state index contributed by atoms with van der Waals surface area (Å²) in [4.78, 5) is 27.6. The van der Waals surface area contributed by atoms with E-state index in [0.29, 0.717) is 25.9 Å². The molecule has 6 heteroatoms. The van der Waals surface area contributed by atoms with E-state index < -0.39 is 6.04 Å². The molecule has 2 aromatic rings. The molecule has 2 amide bonds. The highest BCUT2D eigenvalue weighted by molar-refractivity contribution is 5.87. The second-order valence-electron chi connectivity index (χ2n) is 7.91. The van der Waals surface area contributed by atoms with E-state index in [-0.39, 0.29) is 17.9 Å². The van der Waals surface area contributed by atoms with E-state index in [1.807, 2.05) is 54.6 Å². The maximum atomic E-state index is 13.1. The van der Waals surface area contributed by atoms with Crippen LogP contribution in [0.5, 0.6) is 5.75 Å². The van der Waals surface area contributed by atoms with E-state index in [1.54, 1.807) is 18.9 Å². The third kappa shape index (κ3) is 6.82. The van der Waals surface area contributed by atoms with Crippen molar-refractivity contribution in [3.8, 4) is 5.75 Å². The van der Waals surface area contributed by atoms with Crippen molar-refractivity contribution >= 4 is 11.8 Å². The molecule has 1 aliphatic heterocycles. The van der Waals surface area contributed by atoms with Crippen molar-refractivity contribution in [1.82, 2.24) is 10.2 Å². The number of aryl methyl sites for hydroxylation is 1. The molecule has 1 saturated heterocycles. The Morgan fingerprint density at radius 2 is 1.87 bits per heavy atom. The quantitative estimate of drug-likeness (QED) is 0.635. The van der Waals surface area contributed by atoms with Gasteiger partial charge < -0.3 is 19.7 Å². The average Bonchev–Trinajstić information content (AvgIpc) is 3.34. The van der Waals surface area contributed by atoms with Gasteiger partial charge in [-0.2, -0.15) is 0 Å². The lowest BCUT2D eigenvalue weighted by Gasteiger charge is -2.29. The molecule has 0 saturated carbocycles. The number of benzene rings is 2. The van der Waals surface area contributed by atoms with Crippen LogP contribution in [0.15, 0.2) is 54.6 Å². The van der Waals surface area contributed by atoms with Crippen molar-refractivity contribution in [2.24, 2.45) is 0 Å². The summed E-state index contributed by atoms with van der Waals surface area (Å²) in [5.41, 5.74) is 2.06. The van der Waals surface area contributed by atoms with Crippen LogP contribution in [-0.4, -0.2) is 49.1 Å². The first-order valence-corrected chi connectivity index (χ1v) is 10.9. The van der Waals surface area contributed by atoms with Gasteiger partial charge >= 0.3 is 0 Å². The van der Waals surface area contributed by atoms with E-state index in [9.17, 15) is 9.59 Å². The lowest BCUT2D eigenvalue weighted by atomic mass is 10.1. The van der Waals surface area contributed by atoms with Crippen molar-refractivity contribution < 1.29 is 19.1 Å². The van der Waals surface area contributed by atoms with E-state index in [2.05, 4.69) is 5.32 Å². The Morgan fingerprint density at radius 1 is 1.13 bits per heavy atom. The van der Waals surface area contributed by atoms with Gasteiger partial charge in [0.25, 0.3) is 0 Å². The number of ether oxygens (including phenoxy) is 2. The third-order valence-electron chi connectivity index (χ3n) is 5.68. The molecule has 1 N–H and O–H groups in total. The monoisotopic (exact) mass is 424 g/mol. The minimum absolute atomic E-state index is 0.0422. The zero-order chi connectivity index (χ0) is 22.1. The van der Waals surface area contributed by atoms with Crippen molar-refractivity contribution in [1.29, 1.82) is 0 Å². The minimum atomic E-state index is -0.577. The number of nitrogens with zero attached hydrogens (tertiary/aromatic N) is 1. The topological polar surface area (TPSA) is 67.9 Å². The summed E-state index contributed by atoms with van der Waals surface area (Å²) in [5.74, 6) is 0.560. The highest BCUT2D eigenvalue weighted by Crippen LogP contribution is 2.17. The van der Waals surface area contributed by atoms with Crippen molar-refractivity contribution in [2.75, 3.05) is 20.3 Å². The number of nitrogens with one attached hydrogen (secondary N) is 1. The maximum absolute atomic E-state index is 13.1. The van der Waals surface area contributed by atoms with Crippen LogP contribution in [-0.2, 0) is 27.3 Å². The molecule has 0 spiro atoms. The van der Waals surface area contributed by atoms with Crippen LogP contribution in [0.4, 0.5) is 0 Å². The summed E-state index contributed by atoms with van der Waals surface area (Å²) in [6.07, 6.45) is 3.05. The lowest BCUT2D eigenvalue weighted by molar-refractivity contribution is -0.140. The number of hydrogen-bond donors (Lipinski definition) is 1. The molecular weight excluding hydrogens is 392 g/mol. The average molecular weight is 425 g/mol. The number of hydrogen-bond acceptors (Lipinski definition) is 4. The number of methoxy groups -OCH3 is 1. The van der Waals surface area contributed by atoms with E-state index in [0.717, 1.165) is 36.3 Å². The SMILES string of the molecule is COc1ccc(CN(C(=O)CCc2ccccc2)C(C)C(=O)NCC2CCCO2)cc1. The fraction of sp³-hybridized carbons (Fsp3) is 0.440. The minimum Gasteiger partial charge on any atom is -0.497 e. The fourth-order valence-corrected chi connectivity index (χ4v) is 3.72. The van der Waals surface area contributed by atoms with Gasteiger partial charge in [0.15, 0.2) is 0 Å². The molecule has 166 valence electrons. The van der Waals surface area contributed by atoms with Gasteiger partial charge in [-0.25, -0.2) is 0 Å². The van der Waals surface area contributed by atoms with Gasteiger partial charge in [0.2, 0.25) is 11.8 Å². The normalized spacial score (nSPS) is 16.5. The molecule has 6 nitrogen and oxygen atoms in total. The van der Waals surface area contributed by atoms with Gasteiger partial charge in [0.05, 0.1) is 13.2 Å². The van der Waals surface area contributed by atoms with Crippen LogP contribution >= 0.6 is 0 Å². The molecule has 2 unspecified atom stereocenters. The van der Waals surface area contributed by atoms with Crippen molar-refractivity contribution in [2.45, 2.75) is 51.3 Å². The summed E-state index contributed by atoms with van der Waals surface area (Å²) < 4.78 is 10.8. The van der Waals surface area contributed by atoms with Gasteiger partial charge in [0, 0.05) is 26.1 Å². The summed E-state index contributed by atoms with van der Waals surface area (Å²) in [7, 11) is 1.62.